The highest BCUT2D eigenvalue weighted by Crippen LogP contribution is 2.17. The number of aromatic carboxylic acids is 1. The highest BCUT2D eigenvalue weighted by Gasteiger charge is 2.15. The second kappa shape index (κ2) is 4.40. The van der Waals surface area contributed by atoms with Gasteiger partial charge in [-0.1, -0.05) is 0 Å². The van der Waals surface area contributed by atoms with Crippen molar-refractivity contribution in [2.45, 2.75) is 13.8 Å². The number of aromatic nitrogens is 3. The SMILES string of the molecule is CCN(CC)c1ccnc2c(C(=O)O)cnn12. The van der Waals surface area contributed by atoms with Crippen LogP contribution in [0.2, 0.25) is 0 Å². The van der Waals surface area contributed by atoms with Crippen LogP contribution in [-0.4, -0.2) is 38.8 Å². The summed E-state index contributed by atoms with van der Waals surface area (Å²) in [7, 11) is 0. The predicted molar refractivity (Wildman–Crippen MR) is 63.5 cm³/mol. The van der Waals surface area contributed by atoms with Gasteiger partial charge in [0.2, 0.25) is 0 Å². The fourth-order valence-electron chi connectivity index (χ4n) is 1.82. The molecule has 0 amide bonds. The Bertz CT molecular complexity index is 545. The number of nitrogens with zero attached hydrogens (tertiary/aromatic N) is 4. The zero-order valence-electron chi connectivity index (χ0n) is 9.79. The van der Waals surface area contributed by atoms with Crippen LogP contribution in [-0.2, 0) is 0 Å². The van der Waals surface area contributed by atoms with E-state index in [2.05, 4.69) is 15.0 Å². The van der Waals surface area contributed by atoms with Crippen molar-refractivity contribution in [2.24, 2.45) is 0 Å². The van der Waals surface area contributed by atoms with Gasteiger partial charge >= 0.3 is 5.97 Å². The standard InChI is InChI=1S/C11H14N4O2/c1-3-14(4-2)9-5-6-12-10-8(11(16)17)7-13-15(9)10/h5-7H,3-4H2,1-2H3,(H,16,17). The molecule has 0 aliphatic rings. The minimum absolute atomic E-state index is 0.124. The fourth-order valence-corrected chi connectivity index (χ4v) is 1.82. The first-order valence-electron chi connectivity index (χ1n) is 5.50. The third kappa shape index (κ3) is 1.82. The van der Waals surface area contributed by atoms with Crippen LogP contribution in [0.5, 0.6) is 0 Å². The van der Waals surface area contributed by atoms with E-state index in [-0.39, 0.29) is 5.56 Å². The summed E-state index contributed by atoms with van der Waals surface area (Å²) in [6.07, 6.45) is 2.94. The molecule has 2 heterocycles. The minimum Gasteiger partial charge on any atom is -0.477 e. The van der Waals surface area contributed by atoms with Crippen LogP contribution in [0.4, 0.5) is 5.82 Å². The summed E-state index contributed by atoms with van der Waals surface area (Å²) >= 11 is 0. The Hall–Kier alpha value is -2.11. The Kier molecular flexibility index (Phi) is 2.95. The monoisotopic (exact) mass is 234 g/mol. The molecule has 17 heavy (non-hydrogen) atoms. The number of carboxylic acids is 1. The molecule has 6 heteroatoms. The molecule has 0 fully saturated rings. The summed E-state index contributed by atoms with van der Waals surface area (Å²) < 4.78 is 1.57. The maximum atomic E-state index is 11.0. The van der Waals surface area contributed by atoms with Crippen LogP contribution < -0.4 is 4.90 Å². The number of fused-ring (bicyclic) bond motifs is 1. The van der Waals surface area contributed by atoms with Crippen molar-refractivity contribution >= 4 is 17.4 Å². The van der Waals surface area contributed by atoms with E-state index in [0.29, 0.717) is 5.65 Å². The van der Waals surface area contributed by atoms with E-state index in [1.807, 2.05) is 19.9 Å². The van der Waals surface area contributed by atoms with E-state index in [1.165, 1.54) is 6.20 Å². The van der Waals surface area contributed by atoms with Crippen molar-refractivity contribution < 1.29 is 9.90 Å². The van der Waals surface area contributed by atoms with Gasteiger partial charge in [-0.25, -0.2) is 9.78 Å². The highest BCUT2D eigenvalue weighted by atomic mass is 16.4. The number of hydrogen-bond donors (Lipinski definition) is 1. The summed E-state index contributed by atoms with van der Waals surface area (Å²) in [5.41, 5.74) is 0.501. The summed E-state index contributed by atoms with van der Waals surface area (Å²) in [6.45, 7) is 5.74. The van der Waals surface area contributed by atoms with E-state index in [1.54, 1.807) is 10.7 Å². The Morgan fingerprint density at radius 1 is 1.47 bits per heavy atom. The van der Waals surface area contributed by atoms with Crippen molar-refractivity contribution in [3.63, 3.8) is 0 Å². The third-order valence-corrected chi connectivity index (χ3v) is 2.70. The van der Waals surface area contributed by atoms with Crippen LogP contribution in [0.15, 0.2) is 18.5 Å². The molecule has 0 bridgehead atoms. The predicted octanol–water partition coefficient (Wildman–Crippen LogP) is 1.27. The molecule has 2 rings (SSSR count). The van der Waals surface area contributed by atoms with Crippen LogP contribution in [0.25, 0.3) is 5.65 Å². The number of carbonyl (C=O) groups is 1. The van der Waals surface area contributed by atoms with Crippen LogP contribution in [0, 0.1) is 0 Å². The van der Waals surface area contributed by atoms with Gasteiger partial charge in [0, 0.05) is 19.3 Å². The Morgan fingerprint density at radius 2 is 2.18 bits per heavy atom. The second-order valence-corrected chi connectivity index (χ2v) is 3.57. The first kappa shape index (κ1) is 11.4. The van der Waals surface area contributed by atoms with Gasteiger partial charge in [-0.15, -0.1) is 0 Å². The zero-order chi connectivity index (χ0) is 12.4. The molecule has 0 unspecified atom stereocenters. The topological polar surface area (TPSA) is 70.7 Å². The molecule has 1 N–H and O–H groups in total. The zero-order valence-corrected chi connectivity index (χ0v) is 9.79. The van der Waals surface area contributed by atoms with Gasteiger partial charge in [0.15, 0.2) is 5.65 Å². The van der Waals surface area contributed by atoms with Crippen molar-refractivity contribution in [3.8, 4) is 0 Å². The quantitative estimate of drug-likeness (QED) is 0.862. The summed E-state index contributed by atoms with van der Waals surface area (Å²) in [5.74, 6) is -0.156. The van der Waals surface area contributed by atoms with Gasteiger partial charge in [0.25, 0.3) is 0 Å². The molecule has 0 saturated carbocycles. The average molecular weight is 234 g/mol. The van der Waals surface area contributed by atoms with Crippen LogP contribution in [0.1, 0.15) is 24.2 Å². The maximum Gasteiger partial charge on any atom is 0.341 e. The molecule has 90 valence electrons. The minimum atomic E-state index is -1.01. The lowest BCUT2D eigenvalue weighted by atomic mass is 10.3. The fraction of sp³-hybridized carbons (Fsp3) is 0.364. The first-order valence-corrected chi connectivity index (χ1v) is 5.50. The largest absolute Gasteiger partial charge is 0.477 e. The number of hydrogen-bond acceptors (Lipinski definition) is 4. The molecule has 2 aromatic heterocycles. The van der Waals surface area contributed by atoms with E-state index >= 15 is 0 Å². The third-order valence-electron chi connectivity index (χ3n) is 2.70. The van der Waals surface area contributed by atoms with Gasteiger partial charge in [-0.05, 0) is 19.9 Å². The Labute approximate surface area is 98.5 Å². The molecular formula is C11H14N4O2. The van der Waals surface area contributed by atoms with Gasteiger partial charge in [0.1, 0.15) is 11.4 Å². The van der Waals surface area contributed by atoms with E-state index in [0.717, 1.165) is 18.9 Å². The maximum absolute atomic E-state index is 11.0. The normalized spacial score (nSPS) is 10.7. The molecule has 0 aromatic carbocycles. The molecular weight excluding hydrogens is 220 g/mol. The summed E-state index contributed by atoms with van der Waals surface area (Å²) in [6, 6.07) is 1.83. The molecule has 0 radical (unpaired) electrons. The Balaban J connectivity index is 2.63. The lowest BCUT2D eigenvalue weighted by Gasteiger charge is -2.21. The summed E-state index contributed by atoms with van der Waals surface area (Å²) in [4.78, 5) is 17.1. The Morgan fingerprint density at radius 3 is 2.76 bits per heavy atom. The van der Waals surface area contributed by atoms with Gasteiger partial charge < -0.3 is 10.0 Å². The van der Waals surface area contributed by atoms with Gasteiger partial charge in [-0.3, -0.25) is 0 Å². The number of rotatable bonds is 4. The first-order chi connectivity index (χ1) is 8.19. The van der Waals surface area contributed by atoms with Gasteiger partial charge in [-0.2, -0.15) is 9.61 Å². The lowest BCUT2D eigenvalue weighted by Crippen LogP contribution is -2.24. The van der Waals surface area contributed by atoms with Crippen LogP contribution >= 0.6 is 0 Å². The molecule has 2 aromatic rings. The van der Waals surface area contributed by atoms with E-state index in [9.17, 15) is 4.79 Å². The lowest BCUT2D eigenvalue weighted by molar-refractivity contribution is 0.0699. The van der Waals surface area contributed by atoms with E-state index in [4.69, 9.17) is 5.11 Å². The smallest absolute Gasteiger partial charge is 0.341 e. The van der Waals surface area contributed by atoms with Crippen molar-refractivity contribution in [1.29, 1.82) is 0 Å². The second-order valence-electron chi connectivity index (χ2n) is 3.57. The molecule has 6 nitrogen and oxygen atoms in total. The molecule has 0 saturated heterocycles. The van der Waals surface area contributed by atoms with Crippen molar-refractivity contribution in [1.82, 2.24) is 14.6 Å². The molecule has 0 atom stereocenters. The van der Waals surface area contributed by atoms with E-state index < -0.39 is 5.97 Å². The highest BCUT2D eigenvalue weighted by molar-refractivity contribution is 5.94. The number of carboxylic acid groups (broad SMARTS) is 1. The summed E-state index contributed by atoms with van der Waals surface area (Å²) in [5, 5.41) is 13.1. The number of anilines is 1. The molecule has 0 aliphatic heterocycles. The average Bonchev–Trinajstić information content (AvgIpc) is 2.75. The van der Waals surface area contributed by atoms with Crippen LogP contribution in [0.3, 0.4) is 0 Å². The van der Waals surface area contributed by atoms with Crippen molar-refractivity contribution in [2.75, 3.05) is 18.0 Å². The van der Waals surface area contributed by atoms with Gasteiger partial charge in [0.05, 0.1) is 6.20 Å². The molecule has 0 aliphatic carbocycles. The van der Waals surface area contributed by atoms with Crippen molar-refractivity contribution in [3.05, 3.63) is 24.0 Å². The molecule has 0 spiro atoms.